The molecule has 3 heteroatoms. The van der Waals surface area contributed by atoms with Crippen LogP contribution in [-0.2, 0) is 0 Å². The van der Waals surface area contributed by atoms with Crippen LogP contribution >= 0.6 is 0 Å². The third-order valence-corrected chi connectivity index (χ3v) is 4.09. The van der Waals surface area contributed by atoms with Crippen LogP contribution in [0.25, 0.3) is 27.5 Å². The van der Waals surface area contributed by atoms with E-state index in [-0.39, 0.29) is 0 Å². The van der Waals surface area contributed by atoms with Gasteiger partial charge in [-0.2, -0.15) is 0 Å². The molecule has 0 atom stereocenters. The molecule has 0 bridgehead atoms. The number of hydrogen-bond donors (Lipinski definition) is 2. The molecule has 0 saturated carbocycles. The number of fused-ring (bicyclic) bond motifs is 3. The number of para-hydroxylation sites is 2. The van der Waals surface area contributed by atoms with Gasteiger partial charge in [-0.1, -0.05) is 48.5 Å². The van der Waals surface area contributed by atoms with E-state index < -0.39 is 6.17 Å². The quantitative estimate of drug-likeness (QED) is 0.552. The van der Waals surface area contributed by atoms with Crippen LogP contribution in [0.15, 0.2) is 72.8 Å². The zero-order valence-corrected chi connectivity index (χ0v) is 12.1. The van der Waals surface area contributed by atoms with Crippen LogP contribution in [0.4, 0.5) is 0 Å². The van der Waals surface area contributed by atoms with Crippen molar-refractivity contribution in [1.29, 1.82) is 0 Å². The van der Waals surface area contributed by atoms with Gasteiger partial charge in [0.25, 0.3) is 0 Å². The molecule has 0 spiro atoms. The number of rotatable bonds is 2. The lowest BCUT2D eigenvalue weighted by Gasteiger charge is -2.11. The van der Waals surface area contributed by atoms with Crippen molar-refractivity contribution in [3.05, 3.63) is 78.4 Å². The third-order valence-electron chi connectivity index (χ3n) is 4.09. The smallest absolute Gasteiger partial charge is 0.0785 e. The standard InChI is InChI=1S/C19H17N3/c20-19(21)13-6-5-7-14(12-13)22-17-10-3-1-8-15(17)16-9-2-4-11-18(16)22/h1-12,19H,20-21H2. The van der Waals surface area contributed by atoms with Crippen LogP contribution in [0, 0.1) is 0 Å². The molecule has 4 aromatic rings. The highest BCUT2D eigenvalue weighted by atomic mass is 15.0. The topological polar surface area (TPSA) is 57.0 Å². The molecule has 0 aliphatic rings. The van der Waals surface area contributed by atoms with Gasteiger partial charge in [-0.05, 0) is 29.8 Å². The van der Waals surface area contributed by atoms with Crippen LogP contribution in [0.1, 0.15) is 11.7 Å². The maximum Gasteiger partial charge on any atom is 0.0785 e. The fraction of sp³-hybridized carbons (Fsp3) is 0.0526. The summed E-state index contributed by atoms with van der Waals surface area (Å²) >= 11 is 0. The van der Waals surface area contributed by atoms with Crippen molar-refractivity contribution in [3.63, 3.8) is 0 Å². The summed E-state index contributed by atoms with van der Waals surface area (Å²) in [7, 11) is 0. The number of nitrogens with two attached hydrogens (primary N) is 2. The summed E-state index contributed by atoms with van der Waals surface area (Å²) in [6.07, 6.45) is -0.465. The van der Waals surface area contributed by atoms with Gasteiger partial charge in [0, 0.05) is 16.5 Å². The first-order valence-electron chi connectivity index (χ1n) is 7.35. The number of hydrogen-bond acceptors (Lipinski definition) is 2. The van der Waals surface area contributed by atoms with E-state index in [2.05, 4.69) is 65.2 Å². The Morgan fingerprint density at radius 3 is 1.86 bits per heavy atom. The zero-order valence-electron chi connectivity index (χ0n) is 12.1. The number of benzene rings is 3. The highest BCUT2D eigenvalue weighted by Crippen LogP contribution is 2.31. The summed E-state index contributed by atoms with van der Waals surface area (Å²) < 4.78 is 2.26. The molecule has 0 fully saturated rings. The predicted molar refractivity (Wildman–Crippen MR) is 91.9 cm³/mol. The Bertz CT molecular complexity index is 913. The van der Waals surface area contributed by atoms with Crippen LogP contribution in [-0.4, -0.2) is 4.57 Å². The normalized spacial score (nSPS) is 11.6. The molecule has 0 saturated heterocycles. The fourth-order valence-corrected chi connectivity index (χ4v) is 3.07. The largest absolute Gasteiger partial charge is 0.312 e. The molecule has 3 nitrogen and oxygen atoms in total. The van der Waals surface area contributed by atoms with Gasteiger partial charge >= 0.3 is 0 Å². The minimum atomic E-state index is -0.465. The molecule has 22 heavy (non-hydrogen) atoms. The summed E-state index contributed by atoms with van der Waals surface area (Å²) in [5.74, 6) is 0. The van der Waals surface area contributed by atoms with E-state index in [9.17, 15) is 0 Å². The van der Waals surface area contributed by atoms with E-state index in [1.165, 1.54) is 21.8 Å². The molecule has 4 rings (SSSR count). The van der Waals surface area contributed by atoms with Crippen LogP contribution in [0.3, 0.4) is 0 Å². The van der Waals surface area contributed by atoms with E-state index >= 15 is 0 Å². The third kappa shape index (κ3) is 1.91. The lowest BCUT2D eigenvalue weighted by molar-refractivity contribution is 0.773. The van der Waals surface area contributed by atoms with E-state index in [0.717, 1.165) is 11.3 Å². The van der Waals surface area contributed by atoms with Crippen molar-refractivity contribution in [3.8, 4) is 5.69 Å². The van der Waals surface area contributed by atoms with Crippen molar-refractivity contribution < 1.29 is 0 Å². The number of nitrogens with zero attached hydrogens (tertiary/aromatic N) is 1. The molecule has 0 radical (unpaired) electrons. The summed E-state index contributed by atoms with van der Waals surface area (Å²) in [6.45, 7) is 0. The first kappa shape index (κ1) is 13.1. The fourth-order valence-electron chi connectivity index (χ4n) is 3.07. The number of aromatic nitrogens is 1. The Morgan fingerprint density at radius 1 is 0.682 bits per heavy atom. The average Bonchev–Trinajstić information content (AvgIpc) is 2.89. The van der Waals surface area contributed by atoms with Gasteiger partial charge < -0.3 is 16.0 Å². The first-order chi connectivity index (χ1) is 10.8. The van der Waals surface area contributed by atoms with E-state index in [1.807, 2.05) is 12.1 Å². The molecular weight excluding hydrogens is 270 g/mol. The lowest BCUT2D eigenvalue weighted by atomic mass is 10.1. The molecule has 3 aromatic carbocycles. The van der Waals surface area contributed by atoms with Crippen LogP contribution < -0.4 is 11.5 Å². The molecule has 0 aliphatic heterocycles. The summed E-state index contributed by atoms with van der Waals surface area (Å²) in [5, 5.41) is 2.50. The summed E-state index contributed by atoms with van der Waals surface area (Å²) in [5.41, 5.74) is 16.0. The minimum absolute atomic E-state index is 0.465. The van der Waals surface area contributed by atoms with Crippen LogP contribution in [0.5, 0.6) is 0 Å². The predicted octanol–water partition coefficient (Wildman–Crippen LogP) is 3.70. The van der Waals surface area contributed by atoms with Gasteiger partial charge in [0.15, 0.2) is 0 Å². The Balaban J connectivity index is 2.11. The van der Waals surface area contributed by atoms with E-state index in [1.54, 1.807) is 0 Å². The minimum Gasteiger partial charge on any atom is -0.312 e. The highest BCUT2D eigenvalue weighted by molar-refractivity contribution is 6.09. The molecule has 0 aliphatic carbocycles. The molecule has 108 valence electrons. The van der Waals surface area contributed by atoms with Gasteiger partial charge in [-0.25, -0.2) is 0 Å². The van der Waals surface area contributed by atoms with Crippen molar-refractivity contribution in [2.24, 2.45) is 11.5 Å². The Labute approximate surface area is 128 Å². The maximum absolute atomic E-state index is 5.83. The SMILES string of the molecule is NC(N)c1cccc(-n2c3ccccc3c3ccccc32)c1. The Hall–Kier alpha value is -2.62. The highest BCUT2D eigenvalue weighted by Gasteiger charge is 2.11. The van der Waals surface area contributed by atoms with Gasteiger partial charge in [0.05, 0.1) is 17.2 Å². The second-order valence-corrected chi connectivity index (χ2v) is 5.49. The lowest BCUT2D eigenvalue weighted by Crippen LogP contribution is -2.20. The van der Waals surface area contributed by atoms with E-state index in [4.69, 9.17) is 11.5 Å². The maximum atomic E-state index is 5.83. The Morgan fingerprint density at radius 2 is 1.27 bits per heavy atom. The monoisotopic (exact) mass is 287 g/mol. The summed E-state index contributed by atoms with van der Waals surface area (Å²) in [4.78, 5) is 0. The molecule has 1 heterocycles. The van der Waals surface area contributed by atoms with Gasteiger partial charge in [0.2, 0.25) is 0 Å². The van der Waals surface area contributed by atoms with Crippen molar-refractivity contribution in [1.82, 2.24) is 4.57 Å². The second kappa shape index (κ2) is 4.98. The molecule has 4 N–H and O–H groups in total. The second-order valence-electron chi connectivity index (χ2n) is 5.49. The Kier molecular flexibility index (Phi) is 2.96. The summed E-state index contributed by atoms with van der Waals surface area (Å²) in [6, 6.07) is 25.0. The molecule has 0 unspecified atom stereocenters. The van der Waals surface area contributed by atoms with Crippen molar-refractivity contribution in [2.75, 3.05) is 0 Å². The molecule has 1 aromatic heterocycles. The van der Waals surface area contributed by atoms with Crippen molar-refractivity contribution >= 4 is 21.8 Å². The van der Waals surface area contributed by atoms with Gasteiger partial charge in [0.1, 0.15) is 0 Å². The van der Waals surface area contributed by atoms with E-state index in [0.29, 0.717) is 0 Å². The molecule has 0 amide bonds. The van der Waals surface area contributed by atoms with Gasteiger partial charge in [-0.15, -0.1) is 0 Å². The molecular formula is C19H17N3. The first-order valence-corrected chi connectivity index (χ1v) is 7.35. The van der Waals surface area contributed by atoms with Crippen molar-refractivity contribution in [2.45, 2.75) is 6.17 Å². The van der Waals surface area contributed by atoms with Crippen LogP contribution in [0.2, 0.25) is 0 Å². The van der Waals surface area contributed by atoms with Gasteiger partial charge in [-0.3, -0.25) is 0 Å². The average molecular weight is 287 g/mol. The zero-order chi connectivity index (χ0) is 15.1.